The molecular weight excluding hydrogens is 276 g/mol. The van der Waals surface area contributed by atoms with Gasteiger partial charge in [-0.2, -0.15) is 0 Å². The van der Waals surface area contributed by atoms with Gasteiger partial charge in [0.2, 0.25) is 0 Å². The van der Waals surface area contributed by atoms with E-state index in [4.69, 9.17) is 11.6 Å². The van der Waals surface area contributed by atoms with Crippen LogP contribution in [-0.2, 0) is 0 Å². The number of benzene rings is 2. The Morgan fingerprint density at radius 2 is 1.75 bits per heavy atom. The van der Waals surface area contributed by atoms with Crippen LogP contribution >= 0.6 is 11.6 Å². The molecule has 0 aliphatic heterocycles. The lowest BCUT2D eigenvalue weighted by molar-refractivity contribution is 0.901. The average Bonchev–Trinajstić information content (AvgIpc) is 2.42. The maximum Gasteiger partial charge on any atom is 0.333 e. The van der Waals surface area contributed by atoms with Crippen LogP contribution in [0.5, 0.6) is 0 Å². The Balaban J connectivity index is 2.39. The van der Waals surface area contributed by atoms with Crippen molar-refractivity contribution in [2.75, 3.05) is 0 Å². The maximum absolute atomic E-state index is 12.5. The first kappa shape index (κ1) is 12.7. The molecule has 3 aromatic rings. The van der Waals surface area contributed by atoms with Gasteiger partial charge in [0.15, 0.2) is 0 Å². The van der Waals surface area contributed by atoms with Crippen LogP contribution in [0, 0.1) is 6.92 Å². The zero-order chi connectivity index (χ0) is 14.3. The number of nitrogens with one attached hydrogen (secondary N) is 1. The van der Waals surface area contributed by atoms with Gasteiger partial charge in [0.25, 0.3) is 5.56 Å². The maximum atomic E-state index is 12.5. The van der Waals surface area contributed by atoms with Crippen molar-refractivity contribution in [1.29, 1.82) is 0 Å². The van der Waals surface area contributed by atoms with Gasteiger partial charge in [-0.25, -0.2) is 9.36 Å². The van der Waals surface area contributed by atoms with E-state index in [1.807, 2.05) is 13.0 Å². The third kappa shape index (κ3) is 2.04. The molecule has 0 aliphatic carbocycles. The molecule has 0 atom stereocenters. The van der Waals surface area contributed by atoms with E-state index in [2.05, 4.69) is 4.98 Å². The molecule has 1 heterocycles. The third-order valence-corrected chi connectivity index (χ3v) is 3.39. The van der Waals surface area contributed by atoms with E-state index in [1.54, 1.807) is 36.4 Å². The first-order valence-electron chi connectivity index (χ1n) is 6.08. The van der Waals surface area contributed by atoms with Gasteiger partial charge in [0.1, 0.15) is 0 Å². The Labute approximate surface area is 119 Å². The summed E-state index contributed by atoms with van der Waals surface area (Å²) in [7, 11) is 0. The number of rotatable bonds is 1. The minimum absolute atomic E-state index is 0.338. The molecule has 0 saturated heterocycles. The smallest absolute Gasteiger partial charge is 0.306 e. The summed E-state index contributed by atoms with van der Waals surface area (Å²) in [6.07, 6.45) is 0. The van der Waals surface area contributed by atoms with E-state index in [0.29, 0.717) is 21.6 Å². The van der Waals surface area contributed by atoms with Crippen molar-refractivity contribution >= 4 is 22.5 Å². The number of halogens is 1. The van der Waals surface area contributed by atoms with Crippen LogP contribution in [0.2, 0.25) is 5.02 Å². The lowest BCUT2D eigenvalue weighted by Crippen LogP contribution is -2.33. The summed E-state index contributed by atoms with van der Waals surface area (Å²) >= 11 is 5.82. The van der Waals surface area contributed by atoms with Crippen LogP contribution in [-0.4, -0.2) is 9.55 Å². The Bertz CT molecular complexity index is 908. The van der Waals surface area contributed by atoms with Crippen molar-refractivity contribution in [3.63, 3.8) is 0 Å². The summed E-state index contributed by atoms with van der Waals surface area (Å²) in [5.41, 5.74) is 1.19. The molecule has 0 saturated carbocycles. The number of fused-ring (bicyclic) bond motifs is 1. The summed E-state index contributed by atoms with van der Waals surface area (Å²) in [6.45, 7) is 1.90. The second-order valence-electron chi connectivity index (χ2n) is 4.60. The van der Waals surface area contributed by atoms with Crippen molar-refractivity contribution in [3.05, 3.63) is 73.9 Å². The number of hydrogen-bond acceptors (Lipinski definition) is 2. The average molecular weight is 287 g/mol. The Kier molecular flexibility index (Phi) is 2.95. The molecule has 1 aromatic heterocycles. The summed E-state index contributed by atoms with van der Waals surface area (Å²) in [5.74, 6) is 0. The summed E-state index contributed by atoms with van der Waals surface area (Å²) in [5, 5.41) is 1.04. The highest BCUT2D eigenvalue weighted by molar-refractivity contribution is 6.30. The monoisotopic (exact) mass is 286 g/mol. The zero-order valence-electron chi connectivity index (χ0n) is 10.7. The SMILES string of the molecule is Cc1ccc2[nH]c(=O)n(-c3ccc(Cl)cc3)c(=O)c2c1. The van der Waals surface area contributed by atoms with E-state index >= 15 is 0 Å². The molecule has 100 valence electrons. The van der Waals surface area contributed by atoms with Crippen LogP contribution in [0.4, 0.5) is 0 Å². The minimum Gasteiger partial charge on any atom is -0.306 e. The van der Waals surface area contributed by atoms with Gasteiger partial charge in [-0.1, -0.05) is 23.2 Å². The van der Waals surface area contributed by atoms with Gasteiger partial charge in [0, 0.05) is 5.02 Å². The van der Waals surface area contributed by atoms with Crippen LogP contribution < -0.4 is 11.2 Å². The van der Waals surface area contributed by atoms with Gasteiger partial charge in [0.05, 0.1) is 16.6 Å². The molecule has 0 unspecified atom stereocenters. The first-order valence-corrected chi connectivity index (χ1v) is 6.46. The number of nitrogens with zero attached hydrogens (tertiary/aromatic N) is 1. The first-order chi connectivity index (χ1) is 9.56. The molecule has 0 aliphatic rings. The molecule has 0 bridgehead atoms. The van der Waals surface area contributed by atoms with E-state index in [0.717, 1.165) is 10.1 Å². The lowest BCUT2D eigenvalue weighted by Gasteiger charge is -2.07. The van der Waals surface area contributed by atoms with E-state index in [1.165, 1.54) is 0 Å². The standard InChI is InChI=1S/C15H11ClN2O2/c1-9-2-7-13-12(8-9)14(19)18(15(20)17-13)11-5-3-10(16)4-6-11/h2-8H,1H3,(H,17,20). The predicted octanol–water partition coefficient (Wildman–Crippen LogP) is 2.64. The topological polar surface area (TPSA) is 54.9 Å². The second kappa shape index (κ2) is 4.65. The van der Waals surface area contributed by atoms with Crippen molar-refractivity contribution < 1.29 is 0 Å². The van der Waals surface area contributed by atoms with Crippen molar-refractivity contribution in [2.45, 2.75) is 6.92 Å². The molecule has 20 heavy (non-hydrogen) atoms. The van der Waals surface area contributed by atoms with E-state index in [9.17, 15) is 9.59 Å². The molecule has 5 heteroatoms. The number of hydrogen-bond donors (Lipinski definition) is 1. The van der Waals surface area contributed by atoms with Crippen molar-refractivity contribution in [2.24, 2.45) is 0 Å². The van der Waals surface area contributed by atoms with Crippen molar-refractivity contribution in [3.8, 4) is 5.69 Å². The highest BCUT2D eigenvalue weighted by Gasteiger charge is 2.09. The fraction of sp³-hybridized carbons (Fsp3) is 0.0667. The molecular formula is C15H11ClN2O2. The third-order valence-electron chi connectivity index (χ3n) is 3.14. The fourth-order valence-corrected chi connectivity index (χ4v) is 2.28. The highest BCUT2D eigenvalue weighted by atomic mass is 35.5. The molecule has 4 nitrogen and oxygen atoms in total. The Hall–Kier alpha value is -2.33. The van der Waals surface area contributed by atoms with Gasteiger partial charge in [-0.05, 0) is 43.3 Å². The number of H-pyrrole nitrogens is 1. The normalized spacial score (nSPS) is 10.9. The number of aromatic amines is 1. The van der Waals surface area contributed by atoms with Crippen LogP contribution in [0.25, 0.3) is 16.6 Å². The second-order valence-corrected chi connectivity index (χ2v) is 5.03. The van der Waals surface area contributed by atoms with Gasteiger partial charge >= 0.3 is 5.69 Å². The van der Waals surface area contributed by atoms with Crippen LogP contribution in [0.3, 0.4) is 0 Å². The molecule has 1 N–H and O–H groups in total. The highest BCUT2D eigenvalue weighted by Crippen LogP contribution is 2.12. The van der Waals surface area contributed by atoms with Crippen molar-refractivity contribution in [1.82, 2.24) is 9.55 Å². The Morgan fingerprint density at radius 3 is 2.45 bits per heavy atom. The van der Waals surface area contributed by atoms with Crippen LogP contribution in [0.15, 0.2) is 52.1 Å². The fourth-order valence-electron chi connectivity index (χ4n) is 2.15. The molecule has 0 spiro atoms. The number of aryl methyl sites for hydroxylation is 1. The largest absolute Gasteiger partial charge is 0.333 e. The molecule has 3 rings (SSSR count). The molecule has 0 fully saturated rings. The zero-order valence-corrected chi connectivity index (χ0v) is 11.4. The van der Waals surface area contributed by atoms with Gasteiger partial charge in [-0.3, -0.25) is 4.79 Å². The lowest BCUT2D eigenvalue weighted by atomic mass is 10.1. The van der Waals surface area contributed by atoms with E-state index < -0.39 is 5.69 Å². The summed E-state index contributed by atoms with van der Waals surface area (Å²) in [4.78, 5) is 27.3. The summed E-state index contributed by atoms with van der Waals surface area (Å²) in [6, 6.07) is 11.9. The molecule has 0 amide bonds. The number of aromatic nitrogens is 2. The Morgan fingerprint density at radius 1 is 1.05 bits per heavy atom. The minimum atomic E-state index is -0.464. The van der Waals surface area contributed by atoms with Gasteiger partial charge in [-0.15, -0.1) is 0 Å². The molecule has 0 radical (unpaired) electrons. The summed E-state index contributed by atoms with van der Waals surface area (Å²) < 4.78 is 1.11. The predicted molar refractivity (Wildman–Crippen MR) is 79.9 cm³/mol. The van der Waals surface area contributed by atoms with Gasteiger partial charge < -0.3 is 4.98 Å². The molecule has 2 aromatic carbocycles. The van der Waals surface area contributed by atoms with E-state index in [-0.39, 0.29) is 5.56 Å². The quantitative estimate of drug-likeness (QED) is 0.748. The van der Waals surface area contributed by atoms with Crippen LogP contribution in [0.1, 0.15) is 5.56 Å².